The fraction of sp³-hybridized carbons (Fsp3) is 0.538. The molecular weight excluding hydrogens is 530 g/mol. The second-order valence-corrected chi connectivity index (χ2v) is 12.7. The van der Waals surface area contributed by atoms with E-state index < -0.39 is 0 Å². The number of hydrogen-bond acceptors (Lipinski definition) is 3. The molecule has 2 N–H and O–H groups in total. The van der Waals surface area contributed by atoms with E-state index in [0.29, 0.717) is 24.0 Å². The number of nitrogens with zero attached hydrogens (tertiary/aromatic N) is 1. The summed E-state index contributed by atoms with van der Waals surface area (Å²) in [6.45, 7) is 20.9. The van der Waals surface area contributed by atoms with Gasteiger partial charge in [0.2, 0.25) is 0 Å². The standard InChI is InChI=1S/C23H24O3.C16H36N/c1-14-4-6-21(24)17(8-14)12-19-10-16(3)11-20(23(19)26)13-18-9-15(2)5-7-22(18)25;1-5-9-13-17(14-10-6-2,15-11-7-3)16-12-8-4/h4-11,24-26H,12-13H2,1-3H3;5-16H2,1-4H3/q;+1/p-1. The summed E-state index contributed by atoms with van der Waals surface area (Å²) in [6, 6.07) is 14.6. The van der Waals surface area contributed by atoms with E-state index in [2.05, 4.69) is 27.7 Å². The molecule has 238 valence electrons. The van der Waals surface area contributed by atoms with Crippen molar-refractivity contribution < 1.29 is 19.8 Å². The quantitative estimate of drug-likeness (QED) is 0.164. The molecule has 0 unspecified atom stereocenters. The highest BCUT2D eigenvalue weighted by molar-refractivity contribution is 5.50. The van der Waals surface area contributed by atoms with Gasteiger partial charge < -0.3 is 19.8 Å². The Morgan fingerprint density at radius 3 is 1.16 bits per heavy atom. The Hall–Kier alpha value is -2.98. The number of phenols is 2. The first-order valence-electron chi connectivity index (χ1n) is 16.8. The first-order chi connectivity index (χ1) is 20.6. The van der Waals surface area contributed by atoms with E-state index >= 15 is 0 Å². The molecule has 4 heteroatoms. The van der Waals surface area contributed by atoms with E-state index in [1.165, 1.54) is 82.0 Å². The van der Waals surface area contributed by atoms with Crippen molar-refractivity contribution in [1.29, 1.82) is 0 Å². The Morgan fingerprint density at radius 1 is 0.512 bits per heavy atom. The molecule has 0 saturated heterocycles. The number of unbranched alkanes of at least 4 members (excludes halogenated alkanes) is 4. The normalized spacial score (nSPS) is 11.3. The van der Waals surface area contributed by atoms with Crippen molar-refractivity contribution in [2.24, 2.45) is 0 Å². The van der Waals surface area contributed by atoms with Crippen LogP contribution in [0, 0.1) is 20.8 Å². The number of quaternary nitrogens is 1. The van der Waals surface area contributed by atoms with Crippen LogP contribution < -0.4 is 5.11 Å². The number of aromatic hydroxyl groups is 2. The van der Waals surface area contributed by atoms with E-state index in [1.807, 2.05) is 57.2 Å². The summed E-state index contributed by atoms with van der Waals surface area (Å²) in [6.07, 6.45) is 11.8. The van der Waals surface area contributed by atoms with Gasteiger partial charge in [0.25, 0.3) is 0 Å². The molecule has 0 fully saturated rings. The molecule has 0 spiro atoms. The minimum atomic E-state index is -0.0302. The second-order valence-electron chi connectivity index (χ2n) is 12.7. The van der Waals surface area contributed by atoms with Crippen LogP contribution in [0.3, 0.4) is 0 Å². The van der Waals surface area contributed by atoms with Crippen LogP contribution in [-0.4, -0.2) is 40.9 Å². The van der Waals surface area contributed by atoms with Gasteiger partial charge in [-0.1, -0.05) is 118 Å². The third-order valence-electron chi connectivity index (χ3n) is 8.56. The Kier molecular flexibility index (Phi) is 15.7. The summed E-state index contributed by atoms with van der Waals surface area (Å²) in [5, 5.41) is 33.1. The van der Waals surface area contributed by atoms with Gasteiger partial charge in [-0.3, -0.25) is 0 Å². The second kappa shape index (κ2) is 18.6. The minimum Gasteiger partial charge on any atom is -0.872 e. The van der Waals surface area contributed by atoms with Gasteiger partial charge >= 0.3 is 0 Å². The van der Waals surface area contributed by atoms with Gasteiger partial charge in [-0.2, -0.15) is 0 Å². The van der Waals surface area contributed by atoms with Crippen LogP contribution in [0.4, 0.5) is 0 Å². The molecule has 0 radical (unpaired) electrons. The Labute approximate surface area is 263 Å². The molecule has 4 nitrogen and oxygen atoms in total. The topological polar surface area (TPSA) is 63.5 Å². The zero-order valence-corrected chi connectivity index (χ0v) is 28.3. The molecule has 0 aliphatic carbocycles. The largest absolute Gasteiger partial charge is 0.872 e. The predicted molar refractivity (Wildman–Crippen MR) is 181 cm³/mol. The molecule has 3 aromatic rings. The monoisotopic (exact) mass is 589 g/mol. The lowest BCUT2D eigenvalue weighted by Crippen LogP contribution is -2.50. The zero-order chi connectivity index (χ0) is 31.8. The van der Waals surface area contributed by atoms with Crippen LogP contribution in [-0.2, 0) is 12.8 Å². The zero-order valence-electron chi connectivity index (χ0n) is 28.3. The van der Waals surface area contributed by atoms with Crippen LogP contribution in [0.25, 0.3) is 0 Å². The van der Waals surface area contributed by atoms with Crippen molar-refractivity contribution in [3.63, 3.8) is 0 Å². The fourth-order valence-electron chi connectivity index (χ4n) is 5.96. The van der Waals surface area contributed by atoms with Crippen molar-refractivity contribution in [2.45, 2.75) is 113 Å². The predicted octanol–water partition coefficient (Wildman–Crippen LogP) is 9.28. The molecule has 0 heterocycles. The molecule has 43 heavy (non-hydrogen) atoms. The number of aryl methyl sites for hydroxylation is 3. The minimum absolute atomic E-state index is 0.0302. The smallest absolute Gasteiger partial charge is 0.119 e. The molecule has 0 aromatic heterocycles. The van der Waals surface area contributed by atoms with Crippen LogP contribution in [0.15, 0.2) is 48.5 Å². The Balaban J connectivity index is 0.000000332. The lowest BCUT2D eigenvalue weighted by Gasteiger charge is -2.39. The first-order valence-corrected chi connectivity index (χ1v) is 16.8. The van der Waals surface area contributed by atoms with E-state index in [-0.39, 0.29) is 17.2 Å². The summed E-state index contributed by atoms with van der Waals surface area (Å²) < 4.78 is 1.42. The van der Waals surface area contributed by atoms with Crippen LogP contribution in [0.1, 0.15) is 118 Å². The summed E-state index contributed by atoms with van der Waals surface area (Å²) in [7, 11) is 0. The summed E-state index contributed by atoms with van der Waals surface area (Å²) in [4.78, 5) is 0. The van der Waals surface area contributed by atoms with Gasteiger partial charge in [0.15, 0.2) is 0 Å². The van der Waals surface area contributed by atoms with Gasteiger partial charge in [0, 0.05) is 12.8 Å². The highest BCUT2D eigenvalue weighted by atomic mass is 16.3. The van der Waals surface area contributed by atoms with Gasteiger partial charge in [0.05, 0.1) is 26.2 Å². The van der Waals surface area contributed by atoms with Gasteiger partial charge in [-0.25, -0.2) is 0 Å². The third kappa shape index (κ3) is 11.9. The van der Waals surface area contributed by atoms with Crippen LogP contribution in [0.5, 0.6) is 17.2 Å². The highest BCUT2D eigenvalue weighted by Crippen LogP contribution is 2.31. The molecule has 0 aliphatic heterocycles. The van der Waals surface area contributed by atoms with Crippen molar-refractivity contribution >= 4 is 0 Å². The fourth-order valence-corrected chi connectivity index (χ4v) is 5.96. The van der Waals surface area contributed by atoms with Crippen LogP contribution >= 0.6 is 0 Å². The lowest BCUT2D eigenvalue weighted by atomic mass is 9.94. The SMILES string of the molecule is CCCC[N+](CCCC)(CCCC)CCCC.Cc1ccc(O)c(Cc2cc(C)cc(Cc3cc(C)ccc3O)c2[O-])c1. The molecule has 0 atom stereocenters. The number of benzene rings is 3. The Bertz CT molecular complexity index is 1140. The Morgan fingerprint density at radius 2 is 0.837 bits per heavy atom. The summed E-state index contributed by atoms with van der Waals surface area (Å²) in [5.41, 5.74) is 5.90. The maximum absolute atomic E-state index is 13.0. The molecule has 0 amide bonds. The summed E-state index contributed by atoms with van der Waals surface area (Å²) in [5.74, 6) is 0.376. The molecular formula is C39H59NO3. The van der Waals surface area contributed by atoms with Gasteiger partial charge in [-0.05, 0) is 69.7 Å². The number of rotatable bonds is 16. The maximum atomic E-state index is 13.0. The molecule has 0 saturated carbocycles. The third-order valence-corrected chi connectivity index (χ3v) is 8.56. The van der Waals surface area contributed by atoms with Crippen LogP contribution in [0.2, 0.25) is 0 Å². The molecule has 0 aliphatic rings. The number of hydrogen-bond donors (Lipinski definition) is 2. The van der Waals surface area contributed by atoms with Crippen molar-refractivity contribution in [1.82, 2.24) is 0 Å². The summed E-state index contributed by atoms with van der Waals surface area (Å²) >= 11 is 0. The molecule has 0 bridgehead atoms. The highest BCUT2D eigenvalue weighted by Gasteiger charge is 2.24. The van der Waals surface area contributed by atoms with Gasteiger partial charge in [0.1, 0.15) is 11.5 Å². The molecule has 3 rings (SSSR count). The molecule has 3 aromatic carbocycles. The van der Waals surface area contributed by atoms with E-state index in [4.69, 9.17) is 0 Å². The van der Waals surface area contributed by atoms with Gasteiger partial charge in [-0.15, -0.1) is 5.75 Å². The first kappa shape index (κ1) is 36.2. The van der Waals surface area contributed by atoms with E-state index in [0.717, 1.165) is 27.8 Å². The van der Waals surface area contributed by atoms with E-state index in [9.17, 15) is 15.3 Å². The van der Waals surface area contributed by atoms with Crippen molar-refractivity contribution in [3.8, 4) is 17.2 Å². The lowest BCUT2D eigenvalue weighted by molar-refractivity contribution is -0.929. The number of phenolic OH excluding ortho intramolecular Hbond substituents is 2. The average Bonchev–Trinajstić information content (AvgIpc) is 2.98. The maximum Gasteiger partial charge on any atom is 0.119 e. The van der Waals surface area contributed by atoms with Crippen molar-refractivity contribution in [2.75, 3.05) is 26.2 Å². The van der Waals surface area contributed by atoms with Crippen molar-refractivity contribution in [3.05, 3.63) is 87.5 Å². The van der Waals surface area contributed by atoms with E-state index in [1.54, 1.807) is 12.1 Å². The average molecular weight is 590 g/mol.